The Bertz CT molecular complexity index is 97.7. The van der Waals surface area contributed by atoms with Gasteiger partial charge in [-0.05, 0) is 25.6 Å². The molecule has 0 fully saturated rings. The lowest BCUT2D eigenvalue weighted by Gasteiger charge is -2.06. The van der Waals surface area contributed by atoms with Gasteiger partial charge >= 0.3 is 0 Å². The van der Waals surface area contributed by atoms with Gasteiger partial charge in [-0.1, -0.05) is 0 Å². The first-order valence-electron chi connectivity index (χ1n) is 3.43. The average Bonchev–Trinajstić information content (AvgIpc) is 1.89. The molecule has 0 aliphatic heterocycles. The molecule has 0 rings (SSSR count). The molecule has 0 aromatic rings. The second kappa shape index (κ2) is 6.77. The summed E-state index contributed by atoms with van der Waals surface area (Å²) in [6.45, 7) is 3.77. The van der Waals surface area contributed by atoms with E-state index in [1.807, 2.05) is 6.92 Å². The van der Waals surface area contributed by atoms with Crippen LogP contribution < -0.4 is 10.6 Å². The zero-order valence-electron chi connectivity index (χ0n) is 6.18. The maximum Gasteiger partial charge on any atom is 0.166 e. The normalized spacial score (nSPS) is 9.00. The molecule has 0 unspecified atom stereocenters. The van der Waals surface area contributed by atoms with Crippen LogP contribution in [0.15, 0.2) is 0 Å². The van der Waals surface area contributed by atoms with Crippen molar-refractivity contribution in [3.05, 3.63) is 0 Å². The molecule has 0 saturated carbocycles. The summed E-state index contributed by atoms with van der Waals surface area (Å²) in [5.74, 6) is 0. The van der Waals surface area contributed by atoms with Gasteiger partial charge in [0.1, 0.15) is 0 Å². The third-order valence-electron chi connectivity index (χ3n) is 0.958. The standard InChI is InChI=1S/C6H14N2OS/c1-2-7-6(10)8-4-3-5-9/h9H,2-5H2,1H3,(H2,7,8,10). The maximum atomic E-state index is 8.41. The molecule has 0 heterocycles. The molecule has 60 valence electrons. The molecule has 3 N–H and O–H groups in total. The van der Waals surface area contributed by atoms with Crippen molar-refractivity contribution in [1.29, 1.82) is 0 Å². The van der Waals surface area contributed by atoms with Crippen LogP contribution in [0.1, 0.15) is 13.3 Å². The molecule has 4 heteroatoms. The van der Waals surface area contributed by atoms with E-state index in [2.05, 4.69) is 10.6 Å². The molecular weight excluding hydrogens is 148 g/mol. The van der Waals surface area contributed by atoms with Crippen molar-refractivity contribution in [2.24, 2.45) is 0 Å². The Labute approximate surface area is 66.8 Å². The van der Waals surface area contributed by atoms with Crippen LogP contribution in [0.4, 0.5) is 0 Å². The summed E-state index contributed by atoms with van der Waals surface area (Å²) in [5.41, 5.74) is 0. The van der Waals surface area contributed by atoms with Gasteiger partial charge in [-0.2, -0.15) is 0 Å². The average molecular weight is 162 g/mol. The third kappa shape index (κ3) is 5.78. The summed E-state index contributed by atoms with van der Waals surface area (Å²) < 4.78 is 0. The van der Waals surface area contributed by atoms with Gasteiger partial charge in [-0.3, -0.25) is 0 Å². The lowest BCUT2D eigenvalue weighted by atomic mass is 10.4. The summed E-state index contributed by atoms with van der Waals surface area (Å²) >= 11 is 4.86. The van der Waals surface area contributed by atoms with Crippen LogP contribution in [0, 0.1) is 0 Å². The van der Waals surface area contributed by atoms with E-state index in [9.17, 15) is 0 Å². The Kier molecular flexibility index (Phi) is 6.53. The predicted molar refractivity (Wildman–Crippen MR) is 46.0 cm³/mol. The molecule has 10 heavy (non-hydrogen) atoms. The zero-order chi connectivity index (χ0) is 7.82. The molecule has 0 aromatic heterocycles. The number of rotatable bonds is 4. The van der Waals surface area contributed by atoms with E-state index in [4.69, 9.17) is 17.3 Å². The Hall–Kier alpha value is -0.350. The van der Waals surface area contributed by atoms with Gasteiger partial charge in [0.25, 0.3) is 0 Å². The molecule has 0 bridgehead atoms. The summed E-state index contributed by atoms with van der Waals surface area (Å²) in [7, 11) is 0. The molecule has 0 radical (unpaired) electrons. The predicted octanol–water partition coefficient (Wildman–Crippen LogP) is -0.147. The van der Waals surface area contributed by atoms with Crippen LogP contribution in [-0.4, -0.2) is 29.9 Å². The van der Waals surface area contributed by atoms with Gasteiger partial charge < -0.3 is 15.7 Å². The van der Waals surface area contributed by atoms with E-state index < -0.39 is 0 Å². The monoisotopic (exact) mass is 162 g/mol. The Morgan fingerprint density at radius 3 is 2.70 bits per heavy atom. The summed E-state index contributed by atoms with van der Waals surface area (Å²) in [6.07, 6.45) is 0.742. The van der Waals surface area contributed by atoms with Crippen LogP contribution >= 0.6 is 12.2 Å². The molecule has 0 aromatic carbocycles. The Morgan fingerprint density at radius 2 is 2.20 bits per heavy atom. The van der Waals surface area contributed by atoms with E-state index in [1.165, 1.54) is 0 Å². The third-order valence-corrected chi connectivity index (χ3v) is 1.25. The second-order valence-electron chi connectivity index (χ2n) is 1.86. The van der Waals surface area contributed by atoms with Crippen LogP contribution in [0.5, 0.6) is 0 Å². The van der Waals surface area contributed by atoms with Crippen molar-refractivity contribution in [1.82, 2.24) is 10.6 Å². The minimum atomic E-state index is 0.210. The first-order valence-corrected chi connectivity index (χ1v) is 3.84. The first kappa shape index (κ1) is 9.65. The summed E-state index contributed by atoms with van der Waals surface area (Å²) in [6, 6.07) is 0. The molecule has 3 nitrogen and oxygen atoms in total. The quantitative estimate of drug-likeness (QED) is 0.397. The highest BCUT2D eigenvalue weighted by Crippen LogP contribution is 1.72. The smallest absolute Gasteiger partial charge is 0.166 e. The van der Waals surface area contributed by atoms with Gasteiger partial charge in [0.15, 0.2) is 5.11 Å². The van der Waals surface area contributed by atoms with Crippen molar-refractivity contribution >= 4 is 17.3 Å². The van der Waals surface area contributed by atoms with Crippen molar-refractivity contribution < 1.29 is 5.11 Å². The van der Waals surface area contributed by atoms with Gasteiger partial charge in [-0.15, -0.1) is 0 Å². The number of hydrogen-bond donors (Lipinski definition) is 3. The van der Waals surface area contributed by atoms with Gasteiger partial charge in [0.2, 0.25) is 0 Å². The molecular formula is C6H14N2OS. The fourth-order valence-electron chi connectivity index (χ4n) is 0.504. The van der Waals surface area contributed by atoms with Crippen molar-refractivity contribution in [2.45, 2.75) is 13.3 Å². The minimum Gasteiger partial charge on any atom is -0.396 e. The molecule has 0 aliphatic carbocycles. The van der Waals surface area contributed by atoms with Gasteiger partial charge in [0, 0.05) is 19.7 Å². The number of hydrogen-bond acceptors (Lipinski definition) is 2. The van der Waals surface area contributed by atoms with Crippen LogP contribution in [0.2, 0.25) is 0 Å². The fourth-order valence-corrected chi connectivity index (χ4v) is 0.750. The van der Waals surface area contributed by atoms with Gasteiger partial charge in [0.05, 0.1) is 0 Å². The van der Waals surface area contributed by atoms with E-state index in [0.29, 0.717) is 5.11 Å². The number of aliphatic hydroxyl groups excluding tert-OH is 1. The van der Waals surface area contributed by atoms with Crippen molar-refractivity contribution in [2.75, 3.05) is 19.7 Å². The molecule has 0 aliphatic rings. The highest BCUT2D eigenvalue weighted by Gasteiger charge is 1.89. The second-order valence-corrected chi connectivity index (χ2v) is 2.27. The molecule has 0 amide bonds. The zero-order valence-corrected chi connectivity index (χ0v) is 7.00. The van der Waals surface area contributed by atoms with E-state index in [0.717, 1.165) is 19.5 Å². The van der Waals surface area contributed by atoms with Gasteiger partial charge in [-0.25, -0.2) is 0 Å². The first-order chi connectivity index (χ1) is 4.81. The van der Waals surface area contributed by atoms with E-state index >= 15 is 0 Å². The molecule has 0 spiro atoms. The molecule has 0 saturated heterocycles. The van der Waals surface area contributed by atoms with Crippen LogP contribution in [-0.2, 0) is 0 Å². The lowest BCUT2D eigenvalue weighted by molar-refractivity contribution is 0.289. The highest BCUT2D eigenvalue weighted by atomic mass is 32.1. The highest BCUT2D eigenvalue weighted by molar-refractivity contribution is 7.80. The van der Waals surface area contributed by atoms with Crippen molar-refractivity contribution in [3.8, 4) is 0 Å². The molecule has 0 atom stereocenters. The fraction of sp³-hybridized carbons (Fsp3) is 0.833. The SMILES string of the molecule is CCNC(=S)NCCCO. The van der Waals surface area contributed by atoms with E-state index in [-0.39, 0.29) is 6.61 Å². The summed E-state index contributed by atoms with van der Waals surface area (Å²) in [4.78, 5) is 0. The largest absolute Gasteiger partial charge is 0.396 e. The maximum absolute atomic E-state index is 8.41. The van der Waals surface area contributed by atoms with E-state index in [1.54, 1.807) is 0 Å². The topological polar surface area (TPSA) is 44.3 Å². The van der Waals surface area contributed by atoms with Crippen LogP contribution in [0.25, 0.3) is 0 Å². The van der Waals surface area contributed by atoms with Crippen LogP contribution in [0.3, 0.4) is 0 Å². The number of nitrogens with one attached hydrogen (secondary N) is 2. The Morgan fingerprint density at radius 1 is 1.50 bits per heavy atom. The Balaban J connectivity index is 3.05. The lowest BCUT2D eigenvalue weighted by Crippen LogP contribution is -2.35. The number of thiocarbonyl (C=S) groups is 1. The minimum absolute atomic E-state index is 0.210. The van der Waals surface area contributed by atoms with Crippen molar-refractivity contribution in [3.63, 3.8) is 0 Å². The summed E-state index contributed by atoms with van der Waals surface area (Å²) in [5, 5.41) is 15.0. The number of aliphatic hydroxyl groups is 1.